The van der Waals surface area contributed by atoms with E-state index in [-0.39, 0.29) is 0 Å². The molecule has 2 heteroatoms. The Morgan fingerprint density at radius 2 is 2.20 bits per heavy atom. The van der Waals surface area contributed by atoms with Gasteiger partial charge in [-0.3, -0.25) is 0 Å². The summed E-state index contributed by atoms with van der Waals surface area (Å²) in [6, 6.07) is 0.752. The second kappa shape index (κ2) is 7.24. The zero-order chi connectivity index (χ0) is 11.1. The third kappa shape index (κ3) is 4.98. The fourth-order valence-corrected chi connectivity index (χ4v) is 2.57. The predicted octanol–water partition coefficient (Wildman–Crippen LogP) is 2.50. The summed E-state index contributed by atoms with van der Waals surface area (Å²) < 4.78 is 0. The van der Waals surface area contributed by atoms with Gasteiger partial charge in [0, 0.05) is 12.6 Å². The highest BCUT2D eigenvalue weighted by molar-refractivity contribution is 4.74. The van der Waals surface area contributed by atoms with E-state index in [1.54, 1.807) is 0 Å². The van der Waals surface area contributed by atoms with Crippen molar-refractivity contribution in [1.82, 2.24) is 10.2 Å². The monoisotopic (exact) mass is 212 g/mol. The van der Waals surface area contributed by atoms with Crippen molar-refractivity contribution in [3.05, 3.63) is 0 Å². The number of hydrogen-bond donors (Lipinski definition) is 1. The first-order chi connectivity index (χ1) is 7.26. The van der Waals surface area contributed by atoms with E-state index in [4.69, 9.17) is 0 Å². The van der Waals surface area contributed by atoms with E-state index in [9.17, 15) is 0 Å². The van der Waals surface area contributed by atoms with E-state index in [0.717, 1.165) is 12.0 Å². The second-order valence-corrected chi connectivity index (χ2v) is 5.07. The Hall–Kier alpha value is -0.0800. The molecule has 0 spiro atoms. The zero-order valence-electron chi connectivity index (χ0n) is 10.8. The molecule has 1 aliphatic rings. The van der Waals surface area contributed by atoms with Gasteiger partial charge in [-0.05, 0) is 51.7 Å². The fraction of sp³-hybridized carbons (Fsp3) is 1.00. The van der Waals surface area contributed by atoms with E-state index in [2.05, 4.69) is 31.1 Å². The Balaban J connectivity index is 2.16. The Kier molecular flexibility index (Phi) is 6.26. The number of piperidine rings is 1. The van der Waals surface area contributed by atoms with Crippen LogP contribution in [-0.2, 0) is 0 Å². The van der Waals surface area contributed by atoms with Crippen LogP contribution in [0.5, 0.6) is 0 Å². The van der Waals surface area contributed by atoms with Crippen LogP contribution < -0.4 is 5.32 Å². The lowest BCUT2D eigenvalue weighted by Gasteiger charge is -2.31. The molecule has 0 aromatic carbocycles. The smallest absolute Gasteiger partial charge is 0.00644 e. The number of rotatable bonds is 6. The lowest BCUT2D eigenvalue weighted by molar-refractivity contribution is 0.201. The Labute approximate surface area is 95.4 Å². The number of nitrogens with zero attached hydrogens (tertiary/aromatic N) is 1. The summed E-state index contributed by atoms with van der Waals surface area (Å²) in [6.45, 7) is 8.38. The molecule has 0 saturated carbocycles. The second-order valence-electron chi connectivity index (χ2n) is 5.07. The molecule has 2 nitrogen and oxygen atoms in total. The molecule has 0 amide bonds. The van der Waals surface area contributed by atoms with E-state index in [1.165, 1.54) is 51.7 Å². The van der Waals surface area contributed by atoms with Crippen LogP contribution in [0, 0.1) is 5.92 Å². The minimum atomic E-state index is 0.752. The van der Waals surface area contributed by atoms with Crippen LogP contribution in [0.15, 0.2) is 0 Å². The van der Waals surface area contributed by atoms with Crippen LogP contribution in [0.1, 0.15) is 46.0 Å². The molecule has 1 rings (SSSR count). The summed E-state index contributed by atoms with van der Waals surface area (Å²) in [7, 11) is 2.25. The van der Waals surface area contributed by atoms with Crippen LogP contribution in [-0.4, -0.2) is 37.6 Å². The first-order valence-electron chi connectivity index (χ1n) is 6.68. The van der Waals surface area contributed by atoms with Crippen LogP contribution in [0.4, 0.5) is 0 Å². The van der Waals surface area contributed by atoms with Gasteiger partial charge in [-0.1, -0.05) is 20.3 Å². The summed E-state index contributed by atoms with van der Waals surface area (Å²) in [5.41, 5.74) is 0. The molecular weight excluding hydrogens is 184 g/mol. The van der Waals surface area contributed by atoms with E-state index in [1.807, 2.05) is 0 Å². The van der Waals surface area contributed by atoms with Crippen molar-refractivity contribution >= 4 is 0 Å². The topological polar surface area (TPSA) is 15.3 Å². The molecule has 15 heavy (non-hydrogen) atoms. The van der Waals surface area contributed by atoms with Crippen molar-refractivity contribution in [2.45, 2.75) is 52.0 Å². The first kappa shape index (κ1) is 13.0. The van der Waals surface area contributed by atoms with Gasteiger partial charge in [0.1, 0.15) is 0 Å². The molecular formula is C13H28N2. The highest BCUT2D eigenvalue weighted by atomic mass is 15.1. The van der Waals surface area contributed by atoms with Crippen molar-refractivity contribution in [3.63, 3.8) is 0 Å². The van der Waals surface area contributed by atoms with Crippen LogP contribution in [0.3, 0.4) is 0 Å². The van der Waals surface area contributed by atoms with E-state index in [0.29, 0.717) is 0 Å². The average molecular weight is 212 g/mol. The molecule has 1 heterocycles. The molecule has 0 aromatic heterocycles. The van der Waals surface area contributed by atoms with Gasteiger partial charge in [-0.2, -0.15) is 0 Å². The largest absolute Gasteiger partial charge is 0.314 e. The average Bonchev–Trinajstić information content (AvgIpc) is 2.24. The summed E-state index contributed by atoms with van der Waals surface area (Å²) in [5.74, 6) is 0.884. The van der Waals surface area contributed by atoms with Gasteiger partial charge in [0.05, 0.1) is 0 Å². The molecule has 90 valence electrons. The summed E-state index contributed by atoms with van der Waals surface area (Å²) in [4.78, 5) is 2.47. The van der Waals surface area contributed by atoms with Crippen molar-refractivity contribution in [3.8, 4) is 0 Å². The van der Waals surface area contributed by atoms with Crippen molar-refractivity contribution in [2.24, 2.45) is 5.92 Å². The van der Waals surface area contributed by atoms with E-state index >= 15 is 0 Å². The molecule has 0 aromatic rings. The van der Waals surface area contributed by atoms with E-state index < -0.39 is 0 Å². The lowest BCUT2D eigenvalue weighted by Crippen LogP contribution is -2.40. The third-order valence-electron chi connectivity index (χ3n) is 3.55. The summed E-state index contributed by atoms with van der Waals surface area (Å²) >= 11 is 0. The Bertz CT molecular complexity index is 159. The Morgan fingerprint density at radius 3 is 2.80 bits per heavy atom. The van der Waals surface area contributed by atoms with Crippen LogP contribution in [0.25, 0.3) is 0 Å². The van der Waals surface area contributed by atoms with Crippen molar-refractivity contribution < 1.29 is 0 Å². The third-order valence-corrected chi connectivity index (χ3v) is 3.55. The lowest BCUT2D eigenvalue weighted by atomic mass is 9.97. The molecule has 1 aliphatic heterocycles. The molecule has 2 atom stereocenters. The van der Waals surface area contributed by atoms with Crippen molar-refractivity contribution in [2.75, 3.05) is 26.7 Å². The highest BCUT2D eigenvalue weighted by Crippen LogP contribution is 2.14. The molecule has 0 aliphatic carbocycles. The van der Waals surface area contributed by atoms with Crippen molar-refractivity contribution in [1.29, 1.82) is 0 Å². The molecule has 1 N–H and O–H groups in total. The quantitative estimate of drug-likeness (QED) is 0.728. The first-order valence-corrected chi connectivity index (χ1v) is 6.68. The van der Waals surface area contributed by atoms with Gasteiger partial charge in [-0.15, -0.1) is 0 Å². The number of hydrogen-bond acceptors (Lipinski definition) is 2. The SMILES string of the molecule is CCCC(CC)NCC1CCCN(C)C1. The van der Waals surface area contributed by atoms with Crippen LogP contribution >= 0.6 is 0 Å². The predicted molar refractivity (Wildman–Crippen MR) is 67.2 cm³/mol. The maximum absolute atomic E-state index is 3.73. The summed E-state index contributed by atoms with van der Waals surface area (Å²) in [5, 5.41) is 3.73. The minimum absolute atomic E-state index is 0.752. The highest BCUT2D eigenvalue weighted by Gasteiger charge is 2.17. The van der Waals surface area contributed by atoms with Gasteiger partial charge >= 0.3 is 0 Å². The van der Waals surface area contributed by atoms with Gasteiger partial charge in [0.25, 0.3) is 0 Å². The maximum atomic E-state index is 3.73. The molecule has 1 saturated heterocycles. The normalized spacial score (nSPS) is 25.4. The molecule has 2 unspecified atom stereocenters. The Morgan fingerprint density at radius 1 is 1.40 bits per heavy atom. The fourth-order valence-electron chi connectivity index (χ4n) is 2.57. The van der Waals surface area contributed by atoms with Gasteiger partial charge in [0.15, 0.2) is 0 Å². The molecule has 1 fully saturated rings. The minimum Gasteiger partial charge on any atom is -0.314 e. The standard InChI is InChI=1S/C13H28N2/c1-4-7-13(5-2)14-10-12-8-6-9-15(3)11-12/h12-14H,4-11H2,1-3H3. The molecule has 0 bridgehead atoms. The van der Waals surface area contributed by atoms with Gasteiger partial charge < -0.3 is 10.2 Å². The zero-order valence-corrected chi connectivity index (χ0v) is 10.8. The van der Waals surface area contributed by atoms with Gasteiger partial charge in [-0.25, -0.2) is 0 Å². The maximum Gasteiger partial charge on any atom is 0.00644 e. The van der Waals surface area contributed by atoms with Crippen LogP contribution in [0.2, 0.25) is 0 Å². The number of likely N-dealkylation sites (tertiary alicyclic amines) is 1. The number of nitrogens with one attached hydrogen (secondary N) is 1. The van der Waals surface area contributed by atoms with Gasteiger partial charge in [0.2, 0.25) is 0 Å². The summed E-state index contributed by atoms with van der Waals surface area (Å²) in [6.07, 6.45) is 6.71. The molecule has 0 radical (unpaired) electrons.